The van der Waals surface area contributed by atoms with Crippen LogP contribution in [0, 0.1) is 0 Å². The molecule has 0 aliphatic rings. The fraction of sp³-hybridized carbons (Fsp3) is 0.600. The maximum atomic E-state index is 12.8. The van der Waals surface area contributed by atoms with E-state index >= 15 is 0 Å². The molecule has 0 saturated heterocycles. The molecule has 1 aromatic rings. The molecule has 1 aromatic carbocycles. The second-order valence-electron chi connectivity index (χ2n) is 4.90. The highest BCUT2D eigenvalue weighted by Gasteiger charge is 2.32. The van der Waals surface area contributed by atoms with Gasteiger partial charge >= 0.3 is 0 Å². The van der Waals surface area contributed by atoms with Crippen LogP contribution in [-0.4, -0.2) is 26.3 Å². The molecule has 0 amide bonds. The third-order valence-corrected chi connectivity index (χ3v) is 6.30. The van der Waals surface area contributed by atoms with Crippen LogP contribution in [0.4, 0.5) is 0 Å². The van der Waals surface area contributed by atoms with Crippen molar-refractivity contribution in [3.8, 4) is 0 Å². The molecule has 0 saturated carbocycles. The molecular weight excluding hydrogens is 338 g/mol. The average molecular weight is 362 g/mol. The molecule has 114 valence electrons. The normalized spacial score (nSPS) is 15.0. The van der Waals surface area contributed by atoms with Gasteiger partial charge in [0.05, 0.1) is 10.1 Å². The summed E-state index contributed by atoms with van der Waals surface area (Å²) in [5.41, 5.74) is 0. The van der Waals surface area contributed by atoms with Crippen LogP contribution < -0.4 is 5.32 Å². The molecule has 0 aliphatic carbocycles. The first-order valence-corrected chi connectivity index (χ1v) is 9.54. The number of hydrogen-bond acceptors (Lipinski definition) is 3. The zero-order chi connectivity index (χ0) is 15.2. The highest BCUT2D eigenvalue weighted by atomic mass is 79.9. The first kappa shape index (κ1) is 17.7. The minimum absolute atomic E-state index is 0.0129. The van der Waals surface area contributed by atoms with Crippen LogP contribution in [0.15, 0.2) is 33.6 Å². The van der Waals surface area contributed by atoms with Crippen molar-refractivity contribution in [3.05, 3.63) is 28.7 Å². The van der Waals surface area contributed by atoms with Gasteiger partial charge in [0.2, 0.25) is 0 Å². The van der Waals surface area contributed by atoms with Crippen LogP contribution in [0.3, 0.4) is 0 Å². The molecule has 0 aliphatic heterocycles. The van der Waals surface area contributed by atoms with E-state index in [0.717, 1.165) is 23.9 Å². The molecule has 3 nitrogen and oxygen atoms in total. The number of halogens is 1. The quantitative estimate of drug-likeness (QED) is 0.766. The van der Waals surface area contributed by atoms with E-state index in [9.17, 15) is 8.42 Å². The van der Waals surface area contributed by atoms with E-state index in [1.165, 1.54) is 0 Å². The summed E-state index contributed by atoms with van der Waals surface area (Å²) in [5.74, 6) is 0. The summed E-state index contributed by atoms with van der Waals surface area (Å²) in [6.07, 6.45) is 2.47. The fourth-order valence-corrected chi connectivity index (χ4v) is 5.10. The lowest BCUT2D eigenvalue weighted by Gasteiger charge is -2.26. The monoisotopic (exact) mass is 361 g/mol. The molecule has 0 radical (unpaired) electrons. The highest BCUT2D eigenvalue weighted by Crippen LogP contribution is 2.25. The van der Waals surface area contributed by atoms with E-state index in [4.69, 9.17) is 0 Å². The van der Waals surface area contributed by atoms with Crippen molar-refractivity contribution in [3.63, 3.8) is 0 Å². The van der Waals surface area contributed by atoms with E-state index in [1.54, 1.807) is 18.2 Å². The van der Waals surface area contributed by atoms with E-state index in [2.05, 4.69) is 28.2 Å². The Morgan fingerprint density at radius 3 is 2.45 bits per heavy atom. The third kappa shape index (κ3) is 4.30. The van der Waals surface area contributed by atoms with Crippen LogP contribution in [-0.2, 0) is 9.84 Å². The zero-order valence-electron chi connectivity index (χ0n) is 12.4. The maximum absolute atomic E-state index is 12.8. The van der Waals surface area contributed by atoms with Crippen LogP contribution in [0.25, 0.3) is 0 Å². The minimum atomic E-state index is -3.31. The van der Waals surface area contributed by atoms with Gasteiger partial charge in [-0.25, -0.2) is 8.42 Å². The lowest BCUT2D eigenvalue weighted by atomic mass is 10.1. The van der Waals surface area contributed by atoms with Gasteiger partial charge in [0, 0.05) is 10.5 Å². The number of nitrogens with one attached hydrogen (secondary N) is 1. The summed E-state index contributed by atoms with van der Waals surface area (Å²) in [6, 6.07) is 6.99. The molecule has 2 atom stereocenters. The second kappa shape index (κ2) is 8.15. The Hall–Kier alpha value is -0.390. The predicted molar refractivity (Wildman–Crippen MR) is 87.8 cm³/mol. The van der Waals surface area contributed by atoms with Crippen molar-refractivity contribution < 1.29 is 8.42 Å². The smallest absolute Gasteiger partial charge is 0.182 e. The van der Waals surface area contributed by atoms with Crippen molar-refractivity contribution in [2.45, 2.75) is 56.2 Å². The number of benzene rings is 1. The van der Waals surface area contributed by atoms with Gasteiger partial charge in [-0.1, -0.05) is 49.2 Å². The van der Waals surface area contributed by atoms with Gasteiger partial charge in [-0.3, -0.25) is 0 Å². The second-order valence-corrected chi connectivity index (χ2v) is 7.98. The Kier molecular flexibility index (Phi) is 7.20. The molecule has 0 heterocycles. The van der Waals surface area contributed by atoms with Crippen molar-refractivity contribution >= 4 is 25.8 Å². The molecular formula is C15H24BrNO2S. The van der Waals surface area contributed by atoms with E-state index < -0.39 is 9.84 Å². The molecule has 5 heteroatoms. The van der Waals surface area contributed by atoms with E-state index in [1.807, 2.05) is 19.9 Å². The fourth-order valence-electron chi connectivity index (χ4n) is 2.53. The van der Waals surface area contributed by atoms with Gasteiger partial charge in [0.1, 0.15) is 0 Å². The number of hydrogen-bond donors (Lipinski definition) is 1. The largest absolute Gasteiger partial charge is 0.313 e. The van der Waals surface area contributed by atoms with Gasteiger partial charge in [-0.15, -0.1) is 0 Å². The summed E-state index contributed by atoms with van der Waals surface area (Å²) >= 11 is 3.34. The Balaban J connectivity index is 3.13. The minimum Gasteiger partial charge on any atom is -0.313 e. The van der Waals surface area contributed by atoms with Crippen LogP contribution in [0.1, 0.15) is 40.0 Å². The summed E-state index contributed by atoms with van der Waals surface area (Å²) in [7, 11) is -3.31. The van der Waals surface area contributed by atoms with Crippen molar-refractivity contribution in [1.29, 1.82) is 0 Å². The van der Waals surface area contributed by atoms with Crippen molar-refractivity contribution in [1.82, 2.24) is 5.32 Å². The van der Waals surface area contributed by atoms with Crippen LogP contribution in [0.5, 0.6) is 0 Å². The Bertz CT molecular complexity index is 510. The Morgan fingerprint density at radius 2 is 1.95 bits per heavy atom. The Labute approximate surface area is 131 Å². The predicted octanol–water partition coefficient (Wildman–Crippen LogP) is 3.78. The van der Waals surface area contributed by atoms with Gasteiger partial charge in [0.25, 0.3) is 0 Å². The van der Waals surface area contributed by atoms with Gasteiger partial charge in [0.15, 0.2) is 9.84 Å². The standard InChI is InChI=1S/C15H24BrNO2S/c1-4-8-14(17-6-3)15(5-2)20(18,19)13-10-7-9-12(16)11-13/h7,9-11,14-15,17H,4-6,8H2,1-3H3. The molecule has 20 heavy (non-hydrogen) atoms. The van der Waals surface area contributed by atoms with Crippen LogP contribution >= 0.6 is 15.9 Å². The topological polar surface area (TPSA) is 46.2 Å². The molecule has 0 fully saturated rings. The summed E-state index contributed by atoms with van der Waals surface area (Å²) in [5, 5.41) is 2.96. The first-order chi connectivity index (χ1) is 9.47. The lowest BCUT2D eigenvalue weighted by Crippen LogP contribution is -2.43. The average Bonchev–Trinajstić information content (AvgIpc) is 2.39. The molecule has 1 N–H and O–H groups in total. The molecule has 2 unspecified atom stereocenters. The highest BCUT2D eigenvalue weighted by molar-refractivity contribution is 9.10. The summed E-state index contributed by atoms with van der Waals surface area (Å²) in [6.45, 7) is 6.83. The SMILES string of the molecule is CCCC(NCC)C(CC)S(=O)(=O)c1cccc(Br)c1. The van der Waals surface area contributed by atoms with E-state index in [0.29, 0.717) is 11.3 Å². The lowest BCUT2D eigenvalue weighted by molar-refractivity contribution is 0.445. The molecule has 1 rings (SSSR count). The van der Waals surface area contributed by atoms with Gasteiger partial charge in [-0.05, 0) is 37.6 Å². The van der Waals surface area contributed by atoms with Crippen molar-refractivity contribution in [2.75, 3.05) is 6.54 Å². The van der Waals surface area contributed by atoms with E-state index in [-0.39, 0.29) is 11.3 Å². The maximum Gasteiger partial charge on any atom is 0.182 e. The molecule has 0 spiro atoms. The first-order valence-electron chi connectivity index (χ1n) is 7.20. The summed E-state index contributed by atoms with van der Waals surface area (Å²) in [4.78, 5) is 0.401. The molecule has 0 bridgehead atoms. The third-order valence-electron chi connectivity index (χ3n) is 3.44. The van der Waals surface area contributed by atoms with Crippen molar-refractivity contribution in [2.24, 2.45) is 0 Å². The zero-order valence-corrected chi connectivity index (χ0v) is 14.8. The van der Waals surface area contributed by atoms with Crippen LogP contribution in [0.2, 0.25) is 0 Å². The molecule has 0 aromatic heterocycles. The van der Waals surface area contributed by atoms with Gasteiger partial charge < -0.3 is 5.32 Å². The Morgan fingerprint density at radius 1 is 1.25 bits per heavy atom. The number of rotatable bonds is 8. The summed E-state index contributed by atoms with van der Waals surface area (Å²) < 4.78 is 26.5. The number of sulfone groups is 1. The van der Waals surface area contributed by atoms with Gasteiger partial charge in [-0.2, -0.15) is 0 Å².